The summed E-state index contributed by atoms with van der Waals surface area (Å²) in [6.45, 7) is 2.70. The molecule has 0 unspecified atom stereocenters. The van der Waals surface area contributed by atoms with Crippen molar-refractivity contribution in [1.82, 2.24) is 15.1 Å². The van der Waals surface area contributed by atoms with Gasteiger partial charge in [0.2, 0.25) is 0 Å². The zero-order valence-corrected chi connectivity index (χ0v) is 16.3. The van der Waals surface area contributed by atoms with E-state index in [2.05, 4.69) is 21.2 Å². The highest BCUT2D eigenvalue weighted by Crippen LogP contribution is 2.27. The van der Waals surface area contributed by atoms with Crippen LogP contribution in [0.5, 0.6) is 5.75 Å². The Morgan fingerprint density at radius 3 is 2.67 bits per heavy atom. The van der Waals surface area contributed by atoms with Crippen molar-refractivity contribution in [2.75, 3.05) is 37.7 Å². The van der Waals surface area contributed by atoms with Gasteiger partial charge in [0, 0.05) is 31.2 Å². The van der Waals surface area contributed by atoms with Crippen molar-refractivity contribution in [2.45, 2.75) is 19.3 Å². The molecule has 0 radical (unpaired) electrons. The maximum atomic E-state index is 12.4. The van der Waals surface area contributed by atoms with Gasteiger partial charge in [-0.3, -0.25) is 4.79 Å². The normalized spacial score (nSPS) is 16.4. The molecule has 1 aromatic heterocycles. The number of anilines is 1. The number of nitrogens with zero attached hydrogens (tertiary/aromatic N) is 4. The van der Waals surface area contributed by atoms with E-state index in [9.17, 15) is 4.79 Å². The molecule has 0 spiro atoms. The van der Waals surface area contributed by atoms with Crippen molar-refractivity contribution in [3.63, 3.8) is 0 Å². The molecule has 2 heterocycles. The highest BCUT2D eigenvalue weighted by atomic mass is 35.5. The lowest BCUT2D eigenvalue weighted by molar-refractivity contribution is -0.133. The second-order valence-corrected chi connectivity index (χ2v) is 7.60. The standard InChI is InChI=1S/C19H20Cl2N4O2/c20-14-4-5-17(15(21)11-14)27-12-19(26)25-8-6-24(7-9-25)18-10-13-2-1-3-16(13)22-23-18/h4-5,10-11H,1-3,6-9,12H2. The Morgan fingerprint density at radius 2 is 1.89 bits per heavy atom. The van der Waals surface area contributed by atoms with Gasteiger partial charge in [0.15, 0.2) is 12.4 Å². The monoisotopic (exact) mass is 406 g/mol. The van der Waals surface area contributed by atoms with Gasteiger partial charge in [-0.05, 0) is 49.1 Å². The average Bonchev–Trinajstić information content (AvgIpc) is 3.15. The molecule has 142 valence electrons. The van der Waals surface area contributed by atoms with E-state index in [1.807, 2.05) is 0 Å². The number of hydrogen-bond donors (Lipinski definition) is 0. The van der Waals surface area contributed by atoms with Gasteiger partial charge in [0.05, 0.1) is 10.7 Å². The summed E-state index contributed by atoms with van der Waals surface area (Å²) < 4.78 is 5.55. The zero-order valence-electron chi connectivity index (χ0n) is 14.8. The maximum absolute atomic E-state index is 12.4. The van der Waals surface area contributed by atoms with Gasteiger partial charge in [0.1, 0.15) is 5.75 Å². The molecule has 1 saturated heterocycles. The van der Waals surface area contributed by atoms with E-state index in [0.717, 1.165) is 43.9 Å². The fourth-order valence-electron chi connectivity index (χ4n) is 3.48. The molecule has 1 aliphatic heterocycles. The van der Waals surface area contributed by atoms with Crippen LogP contribution in [0.4, 0.5) is 5.82 Å². The number of carbonyl (C=O) groups is 1. The molecule has 0 saturated carbocycles. The summed E-state index contributed by atoms with van der Waals surface area (Å²) >= 11 is 11.9. The number of ether oxygens (including phenoxy) is 1. The highest BCUT2D eigenvalue weighted by Gasteiger charge is 2.24. The summed E-state index contributed by atoms with van der Waals surface area (Å²) in [5.74, 6) is 1.31. The molecule has 1 aromatic carbocycles. The van der Waals surface area contributed by atoms with Crippen LogP contribution in [0.2, 0.25) is 10.0 Å². The van der Waals surface area contributed by atoms with Crippen LogP contribution >= 0.6 is 23.2 Å². The Balaban J connectivity index is 1.30. The third-order valence-electron chi connectivity index (χ3n) is 5.01. The van der Waals surface area contributed by atoms with Crippen LogP contribution in [0.15, 0.2) is 24.3 Å². The number of benzene rings is 1. The average molecular weight is 407 g/mol. The Kier molecular flexibility index (Phi) is 5.36. The third-order valence-corrected chi connectivity index (χ3v) is 5.54. The number of aromatic nitrogens is 2. The largest absolute Gasteiger partial charge is 0.482 e. The minimum absolute atomic E-state index is 0.0417. The van der Waals surface area contributed by atoms with Gasteiger partial charge in [-0.25, -0.2) is 0 Å². The number of rotatable bonds is 4. The molecule has 0 N–H and O–H groups in total. The SMILES string of the molecule is O=C(COc1ccc(Cl)cc1Cl)N1CCN(c2cc3c(nn2)CCC3)CC1. The van der Waals surface area contributed by atoms with E-state index in [1.54, 1.807) is 23.1 Å². The quantitative estimate of drug-likeness (QED) is 0.780. The maximum Gasteiger partial charge on any atom is 0.260 e. The zero-order chi connectivity index (χ0) is 18.8. The number of fused-ring (bicyclic) bond motifs is 1. The van der Waals surface area contributed by atoms with Crippen LogP contribution in [0, 0.1) is 0 Å². The van der Waals surface area contributed by atoms with Crippen LogP contribution in [0.25, 0.3) is 0 Å². The Labute approximate surface area is 168 Å². The number of carbonyl (C=O) groups excluding carboxylic acids is 1. The minimum Gasteiger partial charge on any atom is -0.482 e. The summed E-state index contributed by atoms with van der Waals surface area (Å²) in [6, 6.07) is 7.10. The summed E-state index contributed by atoms with van der Waals surface area (Å²) in [4.78, 5) is 16.4. The van der Waals surface area contributed by atoms with Crippen LogP contribution in [0.3, 0.4) is 0 Å². The Morgan fingerprint density at radius 1 is 1.07 bits per heavy atom. The first-order valence-corrected chi connectivity index (χ1v) is 9.82. The van der Waals surface area contributed by atoms with E-state index < -0.39 is 0 Å². The number of aryl methyl sites for hydroxylation is 2. The minimum atomic E-state index is -0.0549. The predicted molar refractivity (Wildman–Crippen MR) is 105 cm³/mol. The van der Waals surface area contributed by atoms with Crippen LogP contribution in [-0.2, 0) is 17.6 Å². The lowest BCUT2D eigenvalue weighted by Crippen LogP contribution is -2.50. The van der Waals surface area contributed by atoms with Crippen LogP contribution < -0.4 is 9.64 Å². The van der Waals surface area contributed by atoms with E-state index in [-0.39, 0.29) is 12.5 Å². The molecule has 27 heavy (non-hydrogen) atoms. The van der Waals surface area contributed by atoms with Crippen molar-refractivity contribution in [3.05, 3.63) is 45.6 Å². The fraction of sp³-hybridized carbons (Fsp3) is 0.421. The highest BCUT2D eigenvalue weighted by molar-refractivity contribution is 6.35. The first-order chi connectivity index (χ1) is 13.1. The molecule has 6 nitrogen and oxygen atoms in total. The molecular formula is C19H20Cl2N4O2. The first-order valence-electron chi connectivity index (χ1n) is 9.06. The predicted octanol–water partition coefficient (Wildman–Crippen LogP) is 3.00. The third kappa shape index (κ3) is 4.12. The topological polar surface area (TPSA) is 58.6 Å². The summed E-state index contributed by atoms with van der Waals surface area (Å²) in [5, 5.41) is 9.64. The lowest BCUT2D eigenvalue weighted by atomic mass is 10.2. The van der Waals surface area contributed by atoms with Gasteiger partial charge in [0.25, 0.3) is 5.91 Å². The van der Waals surface area contributed by atoms with Crippen molar-refractivity contribution < 1.29 is 9.53 Å². The lowest BCUT2D eigenvalue weighted by Gasteiger charge is -2.35. The second kappa shape index (κ2) is 7.90. The van der Waals surface area contributed by atoms with Gasteiger partial charge in [-0.15, -0.1) is 5.10 Å². The molecule has 0 atom stereocenters. The fourth-order valence-corrected chi connectivity index (χ4v) is 3.94. The van der Waals surface area contributed by atoms with E-state index in [1.165, 1.54) is 5.56 Å². The summed E-state index contributed by atoms with van der Waals surface area (Å²) in [6.07, 6.45) is 3.27. The molecule has 1 fully saturated rings. The Bertz CT molecular complexity index is 854. The van der Waals surface area contributed by atoms with Crippen molar-refractivity contribution >= 4 is 34.9 Å². The van der Waals surface area contributed by atoms with E-state index in [4.69, 9.17) is 27.9 Å². The number of hydrogen-bond acceptors (Lipinski definition) is 5. The van der Waals surface area contributed by atoms with Gasteiger partial charge in [-0.2, -0.15) is 5.10 Å². The van der Waals surface area contributed by atoms with Crippen molar-refractivity contribution in [3.8, 4) is 5.75 Å². The molecule has 2 aliphatic rings. The van der Waals surface area contributed by atoms with E-state index in [0.29, 0.717) is 28.9 Å². The van der Waals surface area contributed by atoms with Gasteiger partial charge in [-0.1, -0.05) is 23.2 Å². The molecule has 0 bridgehead atoms. The van der Waals surface area contributed by atoms with Gasteiger partial charge < -0.3 is 14.5 Å². The van der Waals surface area contributed by atoms with E-state index >= 15 is 0 Å². The van der Waals surface area contributed by atoms with Crippen LogP contribution in [0.1, 0.15) is 17.7 Å². The number of piperazine rings is 1. The van der Waals surface area contributed by atoms with Crippen LogP contribution in [-0.4, -0.2) is 53.8 Å². The summed E-state index contributed by atoms with van der Waals surface area (Å²) in [5.41, 5.74) is 2.44. The smallest absolute Gasteiger partial charge is 0.260 e. The first kappa shape index (κ1) is 18.3. The molecule has 2 aromatic rings. The molecule has 1 amide bonds. The van der Waals surface area contributed by atoms with Crippen molar-refractivity contribution in [1.29, 1.82) is 0 Å². The Hall–Kier alpha value is -2.05. The molecule has 1 aliphatic carbocycles. The molecule has 8 heteroatoms. The molecule has 4 rings (SSSR count). The number of halogens is 2. The number of amides is 1. The van der Waals surface area contributed by atoms with Crippen molar-refractivity contribution in [2.24, 2.45) is 0 Å². The van der Waals surface area contributed by atoms with Gasteiger partial charge >= 0.3 is 0 Å². The second-order valence-electron chi connectivity index (χ2n) is 6.76. The summed E-state index contributed by atoms with van der Waals surface area (Å²) in [7, 11) is 0. The molecular weight excluding hydrogens is 387 g/mol.